The van der Waals surface area contributed by atoms with Crippen LogP contribution in [0, 0.1) is 0 Å². The highest BCUT2D eigenvalue weighted by Crippen LogP contribution is 2.18. The van der Waals surface area contributed by atoms with E-state index in [0.29, 0.717) is 0 Å². The third-order valence-electron chi connectivity index (χ3n) is 6.76. The van der Waals surface area contributed by atoms with Crippen molar-refractivity contribution in [3.63, 3.8) is 0 Å². The summed E-state index contributed by atoms with van der Waals surface area (Å²) in [4.78, 5) is 2.48. The van der Waals surface area contributed by atoms with E-state index < -0.39 is 0 Å². The van der Waals surface area contributed by atoms with Crippen molar-refractivity contribution in [1.29, 1.82) is 0 Å². The molecule has 1 atom stereocenters. The van der Waals surface area contributed by atoms with Gasteiger partial charge in [0.1, 0.15) is 0 Å². The lowest BCUT2D eigenvalue weighted by Gasteiger charge is -2.24. The highest BCUT2D eigenvalue weighted by atomic mass is 35.5. The molecule has 1 nitrogen and oxygen atoms in total. The van der Waals surface area contributed by atoms with Gasteiger partial charge in [-0.15, -0.1) is 12.4 Å². The van der Waals surface area contributed by atoms with Gasteiger partial charge in [0.2, 0.25) is 0 Å². The number of unbranched alkanes of at least 4 members (excludes halogenated alkanes) is 19. The van der Waals surface area contributed by atoms with Gasteiger partial charge in [-0.3, -0.25) is 0 Å². The van der Waals surface area contributed by atoms with Gasteiger partial charge < -0.3 is 4.90 Å². The smallest absolute Gasteiger partial charge is 0.00891 e. The molecule has 0 aromatic carbocycles. The summed E-state index contributed by atoms with van der Waals surface area (Å²) in [5.41, 5.74) is 0. The van der Waals surface area contributed by atoms with Crippen LogP contribution in [0.15, 0.2) is 0 Å². The number of hydrogen-bond acceptors (Lipinski definition) is 1. The van der Waals surface area contributed by atoms with E-state index in [-0.39, 0.29) is 12.4 Å². The van der Waals surface area contributed by atoms with Crippen LogP contribution in [0.25, 0.3) is 0 Å². The maximum Gasteiger partial charge on any atom is 0.00891 e. The summed E-state index contributed by atoms with van der Waals surface area (Å²) in [6, 6.07) is 0.822. The summed E-state index contributed by atoms with van der Waals surface area (Å²) in [5, 5.41) is 0. The van der Waals surface area contributed by atoms with Gasteiger partial charge in [-0.1, -0.05) is 149 Å². The second-order valence-corrected chi connectivity index (χ2v) is 9.91. The molecule has 30 heavy (non-hydrogen) atoms. The van der Waals surface area contributed by atoms with Crippen LogP contribution in [0.3, 0.4) is 0 Å². The Morgan fingerprint density at radius 3 is 0.867 bits per heavy atom. The monoisotopic (exact) mass is 445 g/mol. The van der Waals surface area contributed by atoms with Crippen molar-refractivity contribution >= 4 is 12.4 Å². The van der Waals surface area contributed by atoms with Crippen LogP contribution < -0.4 is 0 Å². The fourth-order valence-corrected chi connectivity index (χ4v) is 4.57. The largest absolute Gasteiger partial charge is 0.306 e. The Kier molecular flexibility index (Phi) is 29.5. The van der Waals surface area contributed by atoms with Crippen LogP contribution in [0.1, 0.15) is 162 Å². The molecule has 0 saturated heterocycles. The van der Waals surface area contributed by atoms with Crippen LogP contribution in [-0.4, -0.2) is 25.0 Å². The highest BCUT2D eigenvalue weighted by molar-refractivity contribution is 5.85. The van der Waals surface area contributed by atoms with Crippen molar-refractivity contribution < 1.29 is 0 Å². The standard InChI is InChI=1S/C28H59N.ClH/c1-5-7-9-11-13-14-15-16-17-18-19-20-21-23-25-27-28(29(3)4)26-24-22-12-10-8-6-2;/h28H,5-27H2,1-4H3;1H. The van der Waals surface area contributed by atoms with Crippen molar-refractivity contribution in [3.05, 3.63) is 0 Å². The summed E-state index contributed by atoms with van der Waals surface area (Å²) in [6.45, 7) is 4.61. The Labute approximate surface area is 199 Å². The van der Waals surface area contributed by atoms with Crippen LogP contribution in [0.4, 0.5) is 0 Å². The predicted molar refractivity (Wildman–Crippen MR) is 142 cm³/mol. The molecular weight excluding hydrogens is 386 g/mol. The Hall–Kier alpha value is 0.250. The van der Waals surface area contributed by atoms with E-state index in [1.807, 2.05) is 0 Å². The summed E-state index contributed by atoms with van der Waals surface area (Å²) < 4.78 is 0. The summed E-state index contributed by atoms with van der Waals surface area (Å²) >= 11 is 0. The third-order valence-corrected chi connectivity index (χ3v) is 6.76. The van der Waals surface area contributed by atoms with E-state index in [9.17, 15) is 0 Å². The van der Waals surface area contributed by atoms with Crippen molar-refractivity contribution in [1.82, 2.24) is 4.90 Å². The lowest BCUT2D eigenvalue weighted by molar-refractivity contribution is 0.251. The first kappa shape index (κ1) is 32.4. The van der Waals surface area contributed by atoms with Crippen molar-refractivity contribution in [2.24, 2.45) is 0 Å². The first-order valence-electron chi connectivity index (χ1n) is 13.9. The normalized spacial score (nSPS) is 12.3. The minimum atomic E-state index is 0. The molecule has 0 aromatic heterocycles. The van der Waals surface area contributed by atoms with Crippen LogP contribution in [0.5, 0.6) is 0 Å². The topological polar surface area (TPSA) is 3.24 Å². The van der Waals surface area contributed by atoms with Crippen LogP contribution >= 0.6 is 12.4 Å². The molecule has 0 saturated carbocycles. The average Bonchev–Trinajstić information content (AvgIpc) is 2.71. The Bertz CT molecular complexity index is 292. The first-order chi connectivity index (χ1) is 14.2. The van der Waals surface area contributed by atoms with Gasteiger partial charge in [-0.2, -0.15) is 0 Å². The Morgan fingerprint density at radius 1 is 0.400 bits per heavy atom. The van der Waals surface area contributed by atoms with Gasteiger partial charge in [-0.05, 0) is 26.9 Å². The zero-order valence-electron chi connectivity index (χ0n) is 21.7. The van der Waals surface area contributed by atoms with Gasteiger partial charge in [-0.25, -0.2) is 0 Å². The molecule has 0 spiro atoms. The minimum Gasteiger partial charge on any atom is -0.306 e. The predicted octanol–water partition coefficient (Wildman–Crippen LogP) is 10.4. The molecule has 0 amide bonds. The maximum absolute atomic E-state index is 2.48. The van der Waals surface area contributed by atoms with Gasteiger partial charge in [0.15, 0.2) is 0 Å². The van der Waals surface area contributed by atoms with Crippen molar-refractivity contribution in [2.45, 2.75) is 168 Å². The quantitative estimate of drug-likeness (QED) is 0.133. The average molecular weight is 446 g/mol. The molecule has 0 aliphatic heterocycles. The number of rotatable bonds is 24. The molecule has 0 heterocycles. The van der Waals surface area contributed by atoms with Gasteiger partial charge in [0, 0.05) is 6.04 Å². The molecule has 0 fully saturated rings. The SMILES string of the molecule is CCCCCCCCCCCCCCCCCC(CCCCCCCC)N(C)C.Cl. The second kappa shape index (κ2) is 27.3. The zero-order valence-corrected chi connectivity index (χ0v) is 22.5. The summed E-state index contributed by atoms with van der Waals surface area (Å²) in [7, 11) is 4.57. The highest BCUT2D eigenvalue weighted by Gasteiger charge is 2.10. The third kappa shape index (κ3) is 24.5. The second-order valence-electron chi connectivity index (χ2n) is 9.91. The molecule has 0 rings (SSSR count). The Morgan fingerprint density at radius 2 is 0.633 bits per heavy atom. The summed E-state index contributed by atoms with van der Waals surface area (Å²) in [6.07, 6.45) is 33.4. The maximum atomic E-state index is 2.48. The van der Waals surface area contributed by atoms with Crippen LogP contribution in [-0.2, 0) is 0 Å². The van der Waals surface area contributed by atoms with E-state index in [4.69, 9.17) is 0 Å². The van der Waals surface area contributed by atoms with Gasteiger partial charge in [0.25, 0.3) is 0 Å². The molecule has 0 bridgehead atoms. The van der Waals surface area contributed by atoms with Crippen LogP contribution in [0.2, 0.25) is 0 Å². The molecule has 0 N–H and O–H groups in total. The number of halogens is 1. The zero-order chi connectivity index (χ0) is 21.4. The first-order valence-corrected chi connectivity index (χ1v) is 13.9. The summed E-state index contributed by atoms with van der Waals surface area (Å²) in [5.74, 6) is 0. The van der Waals surface area contributed by atoms with E-state index >= 15 is 0 Å². The molecular formula is C28H60ClN. The van der Waals surface area contributed by atoms with Gasteiger partial charge >= 0.3 is 0 Å². The van der Waals surface area contributed by atoms with E-state index in [2.05, 4.69) is 32.8 Å². The molecule has 0 aliphatic rings. The molecule has 0 radical (unpaired) electrons. The van der Waals surface area contributed by atoms with Crippen molar-refractivity contribution in [3.8, 4) is 0 Å². The van der Waals surface area contributed by atoms with E-state index in [1.165, 1.54) is 148 Å². The molecule has 0 aromatic rings. The molecule has 0 aliphatic carbocycles. The fourth-order valence-electron chi connectivity index (χ4n) is 4.57. The number of hydrogen-bond donors (Lipinski definition) is 0. The molecule has 1 unspecified atom stereocenters. The van der Waals surface area contributed by atoms with E-state index in [1.54, 1.807) is 0 Å². The minimum absolute atomic E-state index is 0. The Balaban J connectivity index is 0. The van der Waals surface area contributed by atoms with E-state index in [0.717, 1.165) is 6.04 Å². The lowest BCUT2D eigenvalue weighted by Crippen LogP contribution is -2.27. The molecule has 184 valence electrons. The molecule has 2 heteroatoms. The van der Waals surface area contributed by atoms with Crippen molar-refractivity contribution in [2.75, 3.05) is 14.1 Å². The van der Waals surface area contributed by atoms with Gasteiger partial charge in [0.05, 0.1) is 0 Å². The fraction of sp³-hybridized carbons (Fsp3) is 1.00. The number of nitrogens with zero attached hydrogens (tertiary/aromatic N) is 1. The lowest BCUT2D eigenvalue weighted by atomic mass is 9.99.